The predicted molar refractivity (Wildman–Crippen MR) is 79.7 cm³/mol. The fourth-order valence-electron chi connectivity index (χ4n) is 1.68. The Morgan fingerprint density at radius 1 is 1.32 bits per heavy atom. The van der Waals surface area contributed by atoms with E-state index in [0.717, 1.165) is 10.0 Å². The molecular formula is C14H14BrN3O. The maximum atomic E-state index is 11.8. The second kappa shape index (κ2) is 6.33. The van der Waals surface area contributed by atoms with E-state index in [4.69, 9.17) is 5.73 Å². The van der Waals surface area contributed by atoms with E-state index < -0.39 is 0 Å². The lowest BCUT2D eigenvalue weighted by Crippen LogP contribution is -2.13. The Bertz CT molecular complexity index is 586. The van der Waals surface area contributed by atoms with E-state index in [1.807, 2.05) is 30.3 Å². The Morgan fingerprint density at radius 2 is 2.16 bits per heavy atom. The first-order valence-electron chi connectivity index (χ1n) is 5.90. The van der Waals surface area contributed by atoms with Crippen molar-refractivity contribution in [2.24, 2.45) is 0 Å². The highest BCUT2D eigenvalue weighted by Gasteiger charge is 2.06. The second-order valence-electron chi connectivity index (χ2n) is 4.13. The van der Waals surface area contributed by atoms with Gasteiger partial charge in [0, 0.05) is 18.3 Å². The van der Waals surface area contributed by atoms with Gasteiger partial charge in [-0.15, -0.1) is 0 Å². The van der Waals surface area contributed by atoms with Gasteiger partial charge >= 0.3 is 0 Å². The molecule has 0 spiro atoms. The zero-order chi connectivity index (χ0) is 13.7. The lowest BCUT2D eigenvalue weighted by Gasteiger charge is -2.06. The molecule has 0 atom stereocenters. The minimum absolute atomic E-state index is 0.0678. The minimum Gasteiger partial charge on any atom is -0.399 e. The Kier molecular flexibility index (Phi) is 4.52. The van der Waals surface area contributed by atoms with E-state index in [1.165, 1.54) is 0 Å². The average molecular weight is 320 g/mol. The molecule has 1 heterocycles. The first-order chi connectivity index (χ1) is 9.15. The molecule has 0 unspecified atom stereocenters. The number of aromatic nitrogens is 1. The molecule has 19 heavy (non-hydrogen) atoms. The number of amides is 1. The summed E-state index contributed by atoms with van der Waals surface area (Å²) >= 11 is 3.34. The summed E-state index contributed by atoms with van der Waals surface area (Å²) in [6.45, 7) is 0. The molecule has 0 radical (unpaired) electrons. The van der Waals surface area contributed by atoms with Gasteiger partial charge < -0.3 is 11.1 Å². The molecule has 3 N–H and O–H groups in total. The maximum Gasteiger partial charge on any atom is 0.225 e. The van der Waals surface area contributed by atoms with Crippen LogP contribution in [0.2, 0.25) is 0 Å². The van der Waals surface area contributed by atoms with E-state index in [-0.39, 0.29) is 5.91 Å². The molecule has 2 rings (SSSR count). The predicted octanol–water partition coefficient (Wildman–Crippen LogP) is 3.00. The van der Waals surface area contributed by atoms with Crippen molar-refractivity contribution in [2.45, 2.75) is 12.8 Å². The molecule has 4 nitrogen and oxygen atoms in total. The van der Waals surface area contributed by atoms with Crippen LogP contribution in [0.1, 0.15) is 12.0 Å². The molecular weight excluding hydrogens is 306 g/mol. The summed E-state index contributed by atoms with van der Waals surface area (Å²) in [7, 11) is 0. The average Bonchev–Trinajstić information content (AvgIpc) is 2.39. The zero-order valence-electron chi connectivity index (χ0n) is 10.3. The monoisotopic (exact) mass is 319 g/mol. The topological polar surface area (TPSA) is 68.0 Å². The van der Waals surface area contributed by atoms with Gasteiger partial charge in [-0.1, -0.05) is 12.1 Å². The Hall–Kier alpha value is -1.88. The van der Waals surface area contributed by atoms with Gasteiger partial charge in [0.1, 0.15) is 5.82 Å². The van der Waals surface area contributed by atoms with Gasteiger partial charge in [-0.05, 0) is 52.2 Å². The Balaban J connectivity index is 1.90. The highest BCUT2D eigenvalue weighted by molar-refractivity contribution is 9.10. The summed E-state index contributed by atoms with van der Waals surface area (Å²) in [5, 5.41) is 2.77. The number of anilines is 2. The van der Waals surface area contributed by atoms with Crippen molar-refractivity contribution in [3.8, 4) is 0 Å². The van der Waals surface area contributed by atoms with E-state index >= 15 is 0 Å². The van der Waals surface area contributed by atoms with Gasteiger partial charge in [0.15, 0.2) is 0 Å². The number of hydrogen-bond acceptors (Lipinski definition) is 3. The van der Waals surface area contributed by atoms with Crippen LogP contribution >= 0.6 is 15.9 Å². The fourth-order valence-corrected chi connectivity index (χ4v) is 2.03. The molecule has 2 aromatic rings. The number of carbonyl (C=O) groups is 1. The maximum absolute atomic E-state index is 11.8. The number of nitrogens with one attached hydrogen (secondary N) is 1. The van der Waals surface area contributed by atoms with Gasteiger partial charge in [-0.25, -0.2) is 4.98 Å². The molecule has 0 aliphatic carbocycles. The third-order valence-corrected chi connectivity index (χ3v) is 3.25. The van der Waals surface area contributed by atoms with Crippen molar-refractivity contribution < 1.29 is 4.79 Å². The van der Waals surface area contributed by atoms with Crippen LogP contribution in [0.3, 0.4) is 0 Å². The number of rotatable bonds is 4. The third-order valence-electron chi connectivity index (χ3n) is 2.61. The SMILES string of the molecule is Nc1cccc(CCC(=O)Nc2ncccc2Br)c1. The number of aryl methyl sites for hydroxylation is 1. The van der Waals surface area contributed by atoms with E-state index in [2.05, 4.69) is 26.2 Å². The second-order valence-corrected chi connectivity index (χ2v) is 4.98. The van der Waals surface area contributed by atoms with Crippen molar-refractivity contribution >= 4 is 33.3 Å². The summed E-state index contributed by atoms with van der Waals surface area (Å²) in [6, 6.07) is 11.2. The van der Waals surface area contributed by atoms with E-state index in [0.29, 0.717) is 24.3 Å². The molecule has 1 aromatic heterocycles. The largest absolute Gasteiger partial charge is 0.399 e. The van der Waals surface area contributed by atoms with Gasteiger partial charge in [0.05, 0.1) is 4.47 Å². The minimum atomic E-state index is -0.0678. The number of nitrogens with zero attached hydrogens (tertiary/aromatic N) is 1. The highest BCUT2D eigenvalue weighted by Crippen LogP contribution is 2.18. The first-order valence-corrected chi connectivity index (χ1v) is 6.69. The number of halogens is 1. The quantitative estimate of drug-likeness (QED) is 0.851. The van der Waals surface area contributed by atoms with Crippen molar-refractivity contribution in [3.05, 3.63) is 52.6 Å². The van der Waals surface area contributed by atoms with Gasteiger partial charge in [0.2, 0.25) is 5.91 Å². The molecule has 5 heteroatoms. The van der Waals surface area contributed by atoms with Crippen LogP contribution in [0, 0.1) is 0 Å². The van der Waals surface area contributed by atoms with Crippen LogP contribution < -0.4 is 11.1 Å². The number of nitrogens with two attached hydrogens (primary N) is 1. The van der Waals surface area contributed by atoms with Crippen LogP contribution in [0.15, 0.2) is 47.1 Å². The summed E-state index contributed by atoms with van der Waals surface area (Å²) in [6.07, 6.45) is 2.69. The third kappa shape index (κ3) is 4.06. The van der Waals surface area contributed by atoms with Crippen LogP contribution in [0.4, 0.5) is 11.5 Å². The molecule has 98 valence electrons. The summed E-state index contributed by atoms with van der Waals surface area (Å²) < 4.78 is 0.771. The normalized spacial score (nSPS) is 10.2. The van der Waals surface area contributed by atoms with E-state index in [9.17, 15) is 4.79 Å². The molecule has 0 aliphatic rings. The molecule has 0 saturated heterocycles. The van der Waals surface area contributed by atoms with Crippen LogP contribution in [-0.4, -0.2) is 10.9 Å². The lowest BCUT2D eigenvalue weighted by molar-refractivity contribution is -0.116. The molecule has 1 amide bonds. The smallest absolute Gasteiger partial charge is 0.225 e. The summed E-state index contributed by atoms with van der Waals surface area (Å²) in [4.78, 5) is 15.9. The summed E-state index contributed by atoms with van der Waals surface area (Å²) in [5.74, 6) is 0.474. The summed E-state index contributed by atoms with van der Waals surface area (Å²) in [5.41, 5.74) is 7.46. The highest BCUT2D eigenvalue weighted by atomic mass is 79.9. The number of pyridine rings is 1. The molecule has 0 bridgehead atoms. The van der Waals surface area contributed by atoms with Crippen molar-refractivity contribution in [1.82, 2.24) is 4.98 Å². The number of hydrogen-bond donors (Lipinski definition) is 2. The number of benzene rings is 1. The standard InChI is InChI=1S/C14H14BrN3O/c15-12-5-2-8-17-14(12)18-13(19)7-6-10-3-1-4-11(16)9-10/h1-5,8-9H,6-7,16H2,(H,17,18,19). The van der Waals surface area contributed by atoms with Crippen molar-refractivity contribution in [3.63, 3.8) is 0 Å². The van der Waals surface area contributed by atoms with Gasteiger partial charge in [-0.3, -0.25) is 4.79 Å². The zero-order valence-corrected chi connectivity index (χ0v) is 11.9. The van der Waals surface area contributed by atoms with Crippen LogP contribution in [-0.2, 0) is 11.2 Å². The fraction of sp³-hybridized carbons (Fsp3) is 0.143. The molecule has 0 fully saturated rings. The molecule has 1 aromatic carbocycles. The lowest BCUT2D eigenvalue weighted by atomic mass is 10.1. The number of nitrogen functional groups attached to an aromatic ring is 1. The van der Waals surface area contributed by atoms with E-state index in [1.54, 1.807) is 12.3 Å². The van der Waals surface area contributed by atoms with Crippen LogP contribution in [0.25, 0.3) is 0 Å². The van der Waals surface area contributed by atoms with Crippen LogP contribution in [0.5, 0.6) is 0 Å². The Labute approximate surface area is 120 Å². The van der Waals surface area contributed by atoms with Gasteiger partial charge in [0.25, 0.3) is 0 Å². The van der Waals surface area contributed by atoms with Crippen molar-refractivity contribution in [2.75, 3.05) is 11.1 Å². The van der Waals surface area contributed by atoms with Crippen molar-refractivity contribution in [1.29, 1.82) is 0 Å². The molecule has 0 aliphatic heterocycles. The number of carbonyl (C=O) groups excluding carboxylic acids is 1. The molecule has 0 saturated carbocycles. The Morgan fingerprint density at radius 3 is 2.89 bits per heavy atom. The van der Waals surface area contributed by atoms with Gasteiger partial charge in [-0.2, -0.15) is 0 Å². The first kappa shape index (κ1) is 13.5.